The summed E-state index contributed by atoms with van der Waals surface area (Å²) in [5.41, 5.74) is 5.24. The Hall–Kier alpha value is -3.24. The van der Waals surface area contributed by atoms with Gasteiger partial charge >= 0.3 is 0 Å². The molecule has 0 bridgehead atoms. The Morgan fingerprint density at radius 3 is 2.22 bits per heavy atom. The third-order valence-electron chi connectivity index (χ3n) is 3.41. The van der Waals surface area contributed by atoms with Gasteiger partial charge in [0.15, 0.2) is 5.03 Å². The van der Waals surface area contributed by atoms with Crippen LogP contribution in [0.15, 0.2) is 29.4 Å². The Balaban J connectivity index is 2.07. The van der Waals surface area contributed by atoms with E-state index >= 15 is 0 Å². The number of piperazine rings is 1. The van der Waals surface area contributed by atoms with Gasteiger partial charge in [0.25, 0.3) is 17.6 Å². The molecule has 0 aromatic heterocycles. The molecule has 0 unspecified atom stereocenters. The van der Waals surface area contributed by atoms with E-state index in [1.807, 2.05) is 0 Å². The lowest BCUT2D eigenvalue weighted by molar-refractivity contribution is -0.485. The normalized spacial score (nSPS) is 15.4. The highest BCUT2D eigenvalue weighted by Crippen LogP contribution is 2.20. The van der Waals surface area contributed by atoms with Gasteiger partial charge in [-0.1, -0.05) is 12.1 Å². The van der Waals surface area contributed by atoms with Crippen LogP contribution in [0.1, 0.15) is 10.4 Å². The molecule has 1 heterocycles. The van der Waals surface area contributed by atoms with E-state index in [-0.39, 0.29) is 43.4 Å². The summed E-state index contributed by atoms with van der Waals surface area (Å²) >= 11 is 0. The van der Waals surface area contributed by atoms with E-state index in [4.69, 9.17) is 5.73 Å². The average Bonchev–Trinajstić information content (AvgIpc) is 2.53. The number of para-hydroxylation sites is 1. The van der Waals surface area contributed by atoms with Crippen molar-refractivity contribution in [2.24, 2.45) is 10.8 Å². The molecule has 11 nitrogen and oxygen atoms in total. The third-order valence-corrected chi connectivity index (χ3v) is 3.41. The molecule has 1 aliphatic rings. The number of benzene rings is 1. The van der Waals surface area contributed by atoms with Crippen LogP contribution in [0, 0.1) is 20.2 Å². The number of hydrogen-bond donors (Lipinski definition) is 1. The van der Waals surface area contributed by atoms with E-state index in [2.05, 4.69) is 5.10 Å². The number of nitro benzene ring substituents is 1. The van der Waals surface area contributed by atoms with Crippen LogP contribution in [-0.2, 0) is 0 Å². The van der Waals surface area contributed by atoms with Gasteiger partial charge in [0.1, 0.15) is 10.7 Å². The van der Waals surface area contributed by atoms with Crippen molar-refractivity contribution < 1.29 is 14.8 Å². The summed E-state index contributed by atoms with van der Waals surface area (Å²) in [6.45, 7) is 0.989. The van der Waals surface area contributed by atoms with Gasteiger partial charge in [0, 0.05) is 32.2 Å². The van der Waals surface area contributed by atoms with Crippen molar-refractivity contribution in [1.82, 2.24) is 9.80 Å². The first kappa shape index (κ1) is 16.1. The summed E-state index contributed by atoms with van der Waals surface area (Å²) in [5.74, 6) is -0.686. The van der Waals surface area contributed by atoms with Crippen LogP contribution in [0.5, 0.6) is 0 Å². The van der Waals surface area contributed by atoms with Crippen LogP contribution in [0.4, 0.5) is 5.69 Å². The average molecular weight is 322 g/mol. The molecule has 2 N–H and O–H groups in total. The summed E-state index contributed by atoms with van der Waals surface area (Å²) < 4.78 is 0. The van der Waals surface area contributed by atoms with Crippen LogP contribution in [0.25, 0.3) is 0 Å². The SMILES string of the molecule is NC(=N[N+](=O)[O-])N1CCN(C(=O)c2ccccc2[N+](=O)[O-])CC1. The minimum absolute atomic E-state index is 0.0119. The van der Waals surface area contributed by atoms with Crippen LogP contribution in [0.3, 0.4) is 0 Å². The Morgan fingerprint density at radius 1 is 1.09 bits per heavy atom. The van der Waals surface area contributed by atoms with Crippen molar-refractivity contribution in [3.63, 3.8) is 0 Å². The molecule has 122 valence electrons. The lowest BCUT2D eigenvalue weighted by Crippen LogP contribution is -2.52. The predicted octanol–water partition coefficient (Wildman–Crippen LogP) is -0.141. The lowest BCUT2D eigenvalue weighted by Gasteiger charge is -2.34. The molecule has 0 atom stereocenters. The van der Waals surface area contributed by atoms with Crippen molar-refractivity contribution in [3.05, 3.63) is 50.1 Å². The van der Waals surface area contributed by atoms with Crippen LogP contribution in [-0.4, -0.2) is 57.8 Å². The molecule has 1 saturated heterocycles. The Bertz CT molecular complexity index is 668. The smallest absolute Gasteiger partial charge is 0.282 e. The van der Waals surface area contributed by atoms with Gasteiger partial charge in [-0.2, -0.15) is 0 Å². The summed E-state index contributed by atoms with van der Waals surface area (Å²) in [6.07, 6.45) is 0. The number of nitrogens with two attached hydrogens (primary N) is 1. The molecule has 0 spiro atoms. The standard InChI is InChI=1S/C12H14N6O5/c13-12(14-18(22)23)16-7-5-15(6-8-16)11(19)9-3-1-2-4-10(9)17(20)21/h1-4H,5-8H2,(H2,13,14). The lowest BCUT2D eigenvalue weighted by atomic mass is 10.1. The monoisotopic (exact) mass is 322 g/mol. The highest BCUT2D eigenvalue weighted by molar-refractivity contribution is 5.98. The molecule has 23 heavy (non-hydrogen) atoms. The number of hydrazone groups is 1. The number of rotatable bonds is 3. The number of nitro groups is 2. The Morgan fingerprint density at radius 2 is 1.65 bits per heavy atom. The minimum atomic E-state index is -0.889. The molecule has 0 aliphatic carbocycles. The van der Waals surface area contributed by atoms with Gasteiger partial charge in [-0.25, -0.2) is 10.1 Å². The fourth-order valence-corrected chi connectivity index (χ4v) is 2.27. The minimum Gasteiger partial charge on any atom is -0.365 e. The first-order valence-corrected chi connectivity index (χ1v) is 6.66. The van der Waals surface area contributed by atoms with E-state index in [9.17, 15) is 25.0 Å². The fraction of sp³-hybridized carbons (Fsp3) is 0.333. The molecule has 0 radical (unpaired) electrons. The number of amides is 1. The highest BCUT2D eigenvalue weighted by atomic mass is 16.7. The molecular weight excluding hydrogens is 308 g/mol. The maximum atomic E-state index is 12.4. The highest BCUT2D eigenvalue weighted by Gasteiger charge is 2.28. The summed E-state index contributed by atoms with van der Waals surface area (Å²) in [7, 11) is 0. The van der Waals surface area contributed by atoms with E-state index in [1.54, 1.807) is 6.07 Å². The molecule has 1 aromatic carbocycles. The van der Waals surface area contributed by atoms with Gasteiger partial charge in [-0.15, -0.1) is 0 Å². The second-order valence-corrected chi connectivity index (χ2v) is 4.75. The molecule has 1 fully saturated rings. The summed E-state index contributed by atoms with van der Waals surface area (Å²) in [5, 5.41) is 23.4. The Labute approximate surface area is 130 Å². The zero-order valence-corrected chi connectivity index (χ0v) is 12.0. The van der Waals surface area contributed by atoms with Crippen LogP contribution in [0.2, 0.25) is 0 Å². The second kappa shape index (κ2) is 6.68. The molecule has 1 aromatic rings. The second-order valence-electron chi connectivity index (χ2n) is 4.75. The van der Waals surface area contributed by atoms with Crippen LogP contribution >= 0.6 is 0 Å². The third kappa shape index (κ3) is 3.70. The summed E-state index contributed by atoms with van der Waals surface area (Å²) in [6, 6.07) is 5.71. The van der Waals surface area contributed by atoms with Gasteiger partial charge < -0.3 is 15.5 Å². The van der Waals surface area contributed by atoms with Gasteiger partial charge in [0.2, 0.25) is 0 Å². The van der Waals surface area contributed by atoms with Crippen molar-refractivity contribution in [2.75, 3.05) is 26.2 Å². The molecular formula is C12H14N6O5. The van der Waals surface area contributed by atoms with Crippen molar-refractivity contribution in [2.45, 2.75) is 0 Å². The summed E-state index contributed by atoms with van der Waals surface area (Å²) in [4.78, 5) is 36.0. The van der Waals surface area contributed by atoms with Gasteiger partial charge in [-0.05, 0) is 6.07 Å². The quantitative estimate of drug-likeness (QED) is 0.352. The molecule has 2 rings (SSSR count). The van der Waals surface area contributed by atoms with Crippen molar-refractivity contribution in [3.8, 4) is 0 Å². The maximum Gasteiger partial charge on any atom is 0.282 e. The van der Waals surface area contributed by atoms with E-state index in [0.29, 0.717) is 0 Å². The first-order valence-electron chi connectivity index (χ1n) is 6.66. The van der Waals surface area contributed by atoms with Crippen molar-refractivity contribution in [1.29, 1.82) is 0 Å². The zero-order valence-electron chi connectivity index (χ0n) is 12.0. The largest absolute Gasteiger partial charge is 0.365 e. The molecule has 0 saturated carbocycles. The molecule has 1 aliphatic heterocycles. The van der Waals surface area contributed by atoms with Crippen LogP contribution < -0.4 is 5.73 Å². The molecule has 11 heteroatoms. The number of carbonyl (C=O) groups is 1. The van der Waals surface area contributed by atoms with E-state index in [1.165, 1.54) is 28.0 Å². The number of guanidine groups is 1. The van der Waals surface area contributed by atoms with E-state index in [0.717, 1.165) is 0 Å². The molecule has 1 amide bonds. The van der Waals surface area contributed by atoms with E-state index < -0.39 is 15.9 Å². The van der Waals surface area contributed by atoms with Crippen molar-refractivity contribution >= 4 is 17.6 Å². The predicted molar refractivity (Wildman–Crippen MR) is 79.2 cm³/mol. The van der Waals surface area contributed by atoms with Gasteiger partial charge in [-0.3, -0.25) is 14.9 Å². The topological polar surface area (TPSA) is 148 Å². The number of hydrogen-bond acceptors (Lipinski definition) is 5. The zero-order chi connectivity index (χ0) is 17.0. The Kier molecular flexibility index (Phi) is 4.69. The maximum absolute atomic E-state index is 12.4. The number of nitrogens with zero attached hydrogens (tertiary/aromatic N) is 5. The number of carbonyl (C=O) groups excluding carboxylic acids is 1. The fourth-order valence-electron chi connectivity index (χ4n) is 2.27. The first-order chi connectivity index (χ1) is 10.9. The van der Waals surface area contributed by atoms with Gasteiger partial charge in [0.05, 0.1) is 4.92 Å².